The molecule has 0 fully saturated rings. The number of hydrogen-bond acceptors (Lipinski definition) is 12. The van der Waals surface area contributed by atoms with Gasteiger partial charge in [0.15, 0.2) is 11.6 Å². The first-order valence-electron chi connectivity index (χ1n) is 16.4. The molecule has 284 valence electrons. The molecule has 0 bridgehead atoms. The first kappa shape index (κ1) is 44.5. The van der Waals surface area contributed by atoms with E-state index < -0.39 is 53.7 Å². The number of carboxylic acids is 4. The van der Waals surface area contributed by atoms with Gasteiger partial charge in [0.25, 0.3) is 0 Å². The maximum atomic E-state index is 11.1. The topological polar surface area (TPSA) is 270 Å². The second kappa shape index (κ2) is 20.3. The first-order valence-corrected chi connectivity index (χ1v) is 16.4. The lowest BCUT2D eigenvalue weighted by Gasteiger charge is -2.20. The van der Waals surface area contributed by atoms with E-state index >= 15 is 0 Å². The molecule has 0 aromatic rings. The van der Waals surface area contributed by atoms with Gasteiger partial charge in [-0.15, -0.1) is 0 Å². The van der Waals surface area contributed by atoms with Crippen LogP contribution in [0.5, 0.6) is 0 Å². The van der Waals surface area contributed by atoms with Crippen LogP contribution in [0.3, 0.4) is 0 Å². The fourth-order valence-electron chi connectivity index (χ4n) is 5.53. The Kier molecular flexibility index (Phi) is 17.4. The van der Waals surface area contributed by atoms with Gasteiger partial charge < -0.3 is 29.9 Å². The highest BCUT2D eigenvalue weighted by Gasteiger charge is 2.39. The molecule has 52 heavy (non-hydrogen) atoms. The number of cyclic esters (lactones) is 4. The Morgan fingerprint density at radius 1 is 0.731 bits per heavy atom. The SMILES string of the molecule is CC(=O)C1=C(C(=O)O)CCC(C)C1.CC1=C(CCC(=O)O)C(=O)OC1=O.CCC/C(C(C)=O)=C(\C)C(=O)O.O=C1OC(=O)C2=C1CCC(C(=O)O)C2. The number of esters is 4. The second-order valence-corrected chi connectivity index (χ2v) is 12.5. The van der Waals surface area contributed by atoms with Crippen LogP contribution in [0.2, 0.25) is 0 Å². The van der Waals surface area contributed by atoms with Crippen molar-refractivity contribution in [3.05, 3.63) is 44.6 Å². The number of ether oxygens (including phenoxy) is 2. The van der Waals surface area contributed by atoms with Gasteiger partial charge in [0.1, 0.15) is 0 Å². The van der Waals surface area contributed by atoms with Gasteiger partial charge in [-0.3, -0.25) is 19.2 Å². The zero-order valence-electron chi connectivity index (χ0n) is 29.9. The Labute approximate surface area is 299 Å². The van der Waals surface area contributed by atoms with E-state index in [0.717, 1.165) is 12.8 Å². The third kappa shape index (κ3) is 13.0. The molecule has 0 radical (unpaired) electrons. The summed E-state index contributed by atoms with van der Waals surface area (Å²) >= 11 is 0. The van der Waals surface area contributed by atoms with Crippen LogP contribution in [0, 0.1) is 11.8 Å². The van der Waals surface area contributed by atoms with Crippen molar-refractivity contribution in [2.24, 2.45) is 11.8 Å². The average Bonchev–Trinajstić information content (AvgIpc) is 3.49. The van der Waals surface area contributed by atoms with Crippen molar-refractivity contribution in [3.63, 3.8) is 0 Å². The van der Waals surface area contributed by atoms with E-state index in [1.54, 1.807) is 0 Å². The quantitative estimate of drug-likeness (QED) is 0.140. The molecule has 0 aromatic heterocycles. The smallest absolute Gasteiger partial charge is 0.342 e. The minimum absolute atomic E-state index is 0.0474. The Balaban J connectivity index is 0.000000347. The summed E-state index contributed by atoms with van der Waals surface area (Å²) in [5.41, 5.74) is 2.46. The number of aliphatic carboxylic acids is 4. The Bertz CT molecular complexity index is 1670. The molecular weight excluding hydrogens is 688 g/mol. The zero-order valence-corrected chi connectivity index (χ0v) is 29.9. The van der Waals surface area contributed by atoms with Gasteiger partial charge in [-0.1, -0.05) is 20.3 Å². The van der Waals surface area contributed by atoms with Gasteiger partial charge in [0, 0.05) is 51.0 Å². The molecule has 0 aromatic carbocycles. The fraction of sp³-hybridized carbons (Fsp3) is 0.500. The van der Waals surface area contributed by atoms with Crippen LogP contribution in [-0.2, 0) is 57.4 Å². The van der Waals surface area contributed by atoms with E-state index in [0.29, 0.717) is 60.3 Å². The molecule has 4 aliphatic rings. The molecule has 2 unspecified atom stereocenters. The highest BCUT2D eigenvalue weighted by Crippen LogP contribution is 2.35. The van der Waals surface area contributed by atoms with Crippen molar-refractivity contribution in [3.8, 4) is 0 Å². The molecule has 0 saturated heterocycles. The largest absolute Gasteiger partial charge is 0.481 e. The summed E-state index contributed by atoms with van der Waals surface area (Å²) in [7, 11) is 0. The van der Waals surface area contributed by atoms with Gasteiger partial charge in [-0.25, -0.2) is 28.8 Å². The van der Waals surface area contributed by atoms with Crippen molar-refractivity contribution in [2.45, 2.75) is 106 Å². The summed E-state index contributed by atoms with van der Waals surface area (Å²) in [5.74, 6) is -6.91. The minimum Gasteiger partial charge on any atom is -0.481 e. The van der Waals surface area contributed by atoms with Crippen molar-refractivity contribution in [1.29, 1.82) is 0 Å². The van der Waals surface area contributed by atoms with Crippen molar-refractivity contribution in [2.75, 3.05) is 0 Å². The Morgan fingerprint density at radius 2 is 1.31 bits per heavy atom. The number of carbonyl (C=O) groups is 10. The van der Waals surface area contributed by atoms with E-state index in [4.69, 9.17) is 20.4 Å². The van der Waals surface area contributed by atoms with Crippen molar-refractivity contribution in [1.82, 2.24) is 0 Å². The molecule has 16 heteroatoms. The third-order valence-electron chi connectivity index (χ3n) is 8.55. The fourth-order valence-corrected chi connectivity index (χ4v) is 5.53. The van der Waals surface area contributed by atoms with Crippen LogP contribution in [0.1, 0.15) is 106 Å². The predicted molar refractivity (Wildman–Crippen MR) is 178 cm³/mol. The summed E-state index contributed by atoms with van der Waals surface area (Å²) in [6, 6.07) is 0. The number of carboxylic acid groups (broad SMARTS) is 4. The van der Waals surface area contributed by atoms with Crippen LogP contribution in [0.4, 0.5) is 0 Å². The van der Waals surface area contributed by atoms with E-state index in [1.165, 1.54) is 27.7 Å². The van der Waals surface area contributed by atoms with E-state index in [1.807, 2.05) is 13.8 Å². The van der Waals surface area contributed by atoms with E-state index in [9.17, 15) is 47.9 Å². The number of ketones is 2. The Hall–Kier alpha value is -5.54. The monoisotopic (exact) mass is 732 g/mol. The molecule has 0 saturated carbocycles. The lowest BCUT2D eigenvalue weighted by atomic mass is 9.83. The number of rotatable bonds is 10. The average molecular weight is 733 g/mol. The van der Waals surface area contributed by atoms with Gasteiger partial charge in [0.05, 0.1) is 5.92 Å². The third-order valence-corrected chi connectivity index (χ3v) is 8.55. The summed E-state index contributed by atoms with van der Waals surface area (Å²) in [6.07, 6.45) is 4.09. The molecule has 2 atom stereocenters. The summed E-state index contributed by atoms with van der Waals surface area (Å²) in [5, 5.41) is 34.6. The molecule has 4 N–H and O–H groups in total. The van der Waals surface area contributed by atoms with Crippen molar-refractivity contribution < 1.29 is 77.8 Å². The first-order chi connectivity index (χ1) is 24.1. The number of hydrogen-bond donors (Lipinski definition) is 4. The van der Waals surface area contributed by atoms with Crippen LogP contribution in [-0.4, -0.2) is 79.7 Å². The van der Waals surface area contributed by atoms with Crippen LogP contribution >= 0.6 is 0 Å². The van der Waals surface area contributed by atoms with E-state index in [-0.39, 0.29) is 53.1 Å². The summed E-state index contributed by atoms with van der Waals surface area (Å²) in [6.45, 7) is 9.71. The van der Waals surface area contributed by atoms with Crippen LogP contribution in [0.15, 0.2) is 44.6 Å². The molecule has 16 nitrogen and oxygen atoms in total. The van der Waals surface area contributed by atoms with Crippen LogP contribution in [0.25, 0.3) is 0 Å². The van der Waals surface area contributed by atoms with Gasteiger partial charge in [0.2, 0.25) is 0 Å². The molecule has 2 aliphatic carbocycles. The van der Waals surface area contributed by atoms with Gasteiger partial charge in [-0.2, -0.15) is 0 Å². The molecule has 2 aliphatic heterocycles. The van der Waals surface area contributed by atoms with E-state index in [2.05, 4.69) is 9.47 Å². The maximum absolute atomic E-state index is 11.1. The molecule has 0 spiro atoms. The standard InChI is InChI=1S/C10H14O3.C9H8O5.C9H14O3.C8H8O5/c1-6-3-4-8(10(12)13)9(5-6)7(2)11;10-7(11)4-1-2-5-6(3-4)9(13)14-8(5)12;1-4-5-8(7(3)10)6(2)9(11)12;1-4-5(2-3-6(9)10)8(12)13-7(4)11/h6H,3-5H2,1-2H3,(H,12,13);4H,1-3H2,(H,10,11);4-5H2,1-3H3,(H,11,12);2-3H2,1H3,(H,9,10)/b;;8-6-;. The maximum Gasteiger partial charge on any atom is 0.342 e. The lowest BCUT2D eigenvalue weighted by Crippen LogP contribution is -2.20. The number of carbonyl (C=O) groups excluding carboxylic acids is 6. The number of Topliss-reactive ketones (excluding diaryl/α,β-unsaturated/α-hetero) is 2. The second-order valence-electron chi connectivity index (χ2n) is 12.5. The van der Waals surface area contributed by atoms with Gasteiger partial charge in [-0.05, 0) is 85.0 Å². The molecular formula is C36H44O16. The molecule has 0 amide bonds. The predicted octanol–water partition coefficient (Wildman–Crippen LogP) is 4.06. The highest BCUT2D eigenvalue weighted by atomic mass is 16.6. The summed E-state index contributed by atoms with van der Waals surface area (Å²) in [4.78, 5) is 108. The lowest BCUT2D eigenvalue weighted by molar-refractivity contribution is -0.153. The summed E-state index contributed by atoms with van der Waals surface area (Å²) < 4.78 is 8.66. The number of allylic oxidation sites excluding steroid dienone is 2. The molecule has 4 rings (SSSR count). The minimum atomic E-state index is -1.01. The van der Waals surface area contributed by atoms with Gasteiger partial charge >= 0.3 is 47.8 Å². The Morgan fingerprint density at radius 3 is 1.75 bits per heavy atom. The van der Waals surface area contributed by atoms with Crippen LogP contribution < -0.4 is 0 Å². The molecule has 2 heterocycles. The zero-order chi connectivity index (χ0) is 40.0. The van der Waals surface area contributed by atoms with Crippen molar-refractivity contribution >= 4 is 59.3 Å². The highest BCUT2D eigenvalue weighted by molar-refractivity contribution is 6.13. The normalized spacial score (nSPS) is 19.7.